The molecule has 1 aliphatic rings. The van der Waals surface area contributed by atoms with E-state index in [1.54, 1.807) is 6.92 Å². The highest BCUT2D eigenvalue weighted by atomic mass is 35.7. The largest absolute Gasteiger partial charge is 0.352 e. The van der Waals surface area contributed by atoms with Crippen molar-refractivity contribution in [3.63, 3.8) is 0 Å². The molecule has 0 heterocycles. The maximum Gasteiger partial charge on any atom is 0.261 e. The van der Waals surface area contributed by atoms with Crippen molar-refractivity contribution in [3.8, 4) is 0 Å². The molecule has 1 aromatic carbocycles. The summed E-state index contributed by atoms with van der Waals surface area (Å²) in [5.41, 5.74) is 0.549. The van der Waals surface area contributed by atoms with Gasteiger partial charge in [0.15, 0.2) is 0 Å². The van der Waals surface area contributed by atoms with Gasteiger partial charge in [-0.1, -0.05) is 24.4 Å². The fourth-order valence-electron chi connectivity index (χ4n) is 2.14. The number of rotatable bonds is 6. The van der Waals surface area contributed by atoms with E-state index in [2.05, 4.69) is 5.32 Å². The minimum atomic E-state index is -3.93. The fourth-order valence-corrected chi connectivity index (χ4v) is 3.64. The molecule has 1 aromatic rings. The zero-order chi connectivity index (χ0) is 15.6. The lowest BCUT2D eigenvalue weighted by molar-refractivity contribution is 0.0952. The Bertz CT molecular complexity index is 654. The number of hydrogen-bond acceptors (Lipinski definition) is 3. The molecule has 2 rings (SSSR count). The van der Waals surface area contributed by atoms with Gasteiger partial charge in [-0.25, -0.2) is 8.42 Å². The second kappa shape index (κ2) is 6.55. The van der Waals surface area contributed by atoms with Crippen LogP contribution in [0.3, 0.4) is 0 Å². The molecular weight excluding hydrogens is 333 g/mol. The van der Waals surface area contributed by atoms with Crippen molar-refractivity contribution in [2.45, 2.75) is 37.5 Å². The van der Waals surface area contributed by atoms with E-state index >= 15 is 0 Å². The second-order valence-corrected chi connectivity index (χ2v) is 8.30. The first kappa shape index (κ1) is 16.6. The molecule has 0 radical (unpaired) electrons. The number of carbonyl (C=O) groups is 1. The number of halogens is 2. The van der Waals surface area contributed by atoms with Crippen LogP contribution in [0.25, 0.3) is 0 Å². The number of amides is 1. The van der Waals surface area contributed by atoms with Crippen molar-refractivity contribution in [3.05, 3.63) is 28.3 Å². The average molecular weight is 350 g/mol. The predicted molar refractivity (Wildman–Crippen MR) is 83.5 cm³/mol. The van der Waals surface area contributed by atoms with Crippen LogP contribution in [0, 0.1) is 12.8 Å². The summed E-state index contributed by atoms with van der Waals surface area (Å²) in [4.78, 5) is 11.9. The normalized spacial score (nSPS) is 15.0. The van der Waals surface area contributed by atoms with E-state index in [1.165, 1.54) is 25.0 Å². The first-order valence-electron chi connectivity index (χ1n) is 6.82. The lowest BCUT2D eigenvalue weighted by atomic mass is 10.1. The van der Waals surface area contributed by atoms with Gasteiger partial charge in [0.05, 0.1) is 4.90 Å². The molecule has 1 amide bonds. The Morgan fingerprint density at radius 3 is 2.62 bits per heavy atom. The highest BCUT2D eigenvalue weighted by Gasteiger charge is 2.21. The SMILES string of the molecule is Cc1c(Cl)cc(C(=O)NCCCC2CC2)cc1S(=O)(=O)Cl. The molecule has 0 unspecified atom stereocenters. The van der Waals surface area contributed by atoms with Crippen LogP contribution in [-0.4, -0.2) is 20.9 Å². The molecule has 116 valence electrons. The lowest BCUT2D eigenvalue weighted by Crippen LogP contribution is -2.24. The van der Waals surface area contributed by atoms with Crippen LogP contribution in [0.15, 0.2) is 17.0 Å². The number of benzene rings is 1. The van der Waals surface area contributed by atoms with Gasteiger partial charge >= 0.3 is 0 Å². The summed E-state index contributed by atoms with van der Waals surface area (Å²) in [7, 11) is 1.43. The molecule has 0 saturated heterocycles. The highest BCUT2D eigenvalue weighted by molar-refractivity contribution is 8.13. The Morgan fingerprint density at radius 2 is 2.05 bits per heavy atom. The van der Waals surface area contributed by atoms with E-state index < -0.39 is 9.05 Å². The molecule has 0 bridgehead atoms. The minimum Gasteiger partial charge on any atom is -0.352 e. The molecule has 1 N–H and O–H groups in total. The molecule has 1 saturated carbocycles. The molecule has 1 aliphatic carbocycles. The molecule has 1 fully saturated rings. The first-order chi connectivity index (χ1) is 9.79. The zero-order valence-electron chi connectivity index (χ0n) is 11.7. The molecule has 0 aromatic heterocycles. The summed E-state index contributed by atoms with van der Waals surface area (Å²) in [6.07, 6.45) is 4.63. The predicted octanol–water partition coefficient (Wildman–Crippen LogP) is 3.50. The van der Waals surface area contributed by atoms with Crippen LogP contribution in [0.4, 0.5) is 0 Å². The van der Waals surface area contributed by atoms with Gasteiger partial charge in [-0.15, -0.1) is 0 Å². The molecule has 0 spiro atoms. The van der Waals surface area contributed by atoms with E-state index in [9.17, 15) is 13.2 Å². The van der Waals surface area contributed by atoms with Gasteiger partial charge in [0.1, 0.15) is 0 Å². The number of carbonyl (C=O) groups excluding carboxylic acids is 1. The van der Waals surface area contributed by atoms with Crippen LogP contribution in [0.2, 0.25) is 5.02 Å². The van der Waals surface area contributed by atoms with E-state index in [1.807, 2.05) is 0 Å². The molecule has 21 heavy (non-hydrogen) atoms. The van der Waals surface area contributed by atoms with Gasteiger partial charge in [0.2, 0.25) is 0 Å². The summed E-state index contributed by atoms with van der Waals surface area (Å²) in [6.45, 7) is 2.12. The van der Waals surface area contributed by atoms with Crippen molar-refractivity contribution >= 4 is 37.2 Å². The van der Waals surface area contributed by atoms with Crippen molar-refractivity contribution in [1.29, 1.82) is 0 Å². The van der Waals surface area contributed by atoms with Crippen molar-refractivity contribution in [2.75, 3.05) is 6.54 Å². The smallest absolute Gasteiger partial charge is 0.261 e. The molecular formula is C14H17Cl2NO3S. The summed E-state index contributed by atoms with van der Waals surface area (Å²) in [5, 5.41) is 2.98. The maximum absolute atomic E-state index is 12.0. The third-order valence-electron chi connectivity index (χ3n) is 3.59. The first-order valence-corrected chi connectivity index (χ1v) is 9.51. The number of hydrogen-bond donors (Lipinski definition) is 1. The van der Waals surface area contributed by atoms with Gasteiger partial charge in [-0.2, -0.15) is 0 Å². The van der Waals surface area contributed by atoms with Crippen LogP contribution < -0.4 is 5.32 Å². The fraction of sp³-hybridized carbons (Fsp3) is 0.500. The summed E-state index contributed by atoms with van der Waals surface area (Å²) in [5.74, 6) is 0.484. The third kappa shape index (κ3) is 4.59. The Labute approximate surface area is 134 Å². The summed E-state index contributed by atoms with van der Waals surface area (Å²) < 4.78 is 23.0. The van der Waals surface area contributed by atoms with Gasteiger partial charge in [-0.05, 0) is 43.4 Å². The Kier molecular flexibility index (Phi) is 5.17. The van der Waals surface area contributed by atoms with E-state index in [-0.39, 0.29) is 21.4 Å². The van der Waals surface area contributed by atoms with Gasteiger partial charge < -0.3 is 5.32 Å². The summed E-state index contributed by atoms with van der Waals surface area (Å²) >= 11 is 5.98. The Hall–Kier alpha value is -0.780. The molecule has 0 atom stereocenters. The maximum atomic E-state index is 12.0. The standard InChI is InChI=1S/C14H17Cl2NO3S/c1-9-12(15)7-11(8-13(9)21(16,19)20)14(18)17-6-2-3-10-4-5-10/h7-8,10H,2-6H2,1H3,(H,17,18). The highest BCUT2D eigenvalue weighted by Crippen LogP contribution is 2.33. The third-order valence-corrected chi connectivity index (χ3v) is 5.43. The van der Waals surface area contributed by atoms with Crippen LogP contribution in [-0.2, 0) is 9.05 Å². The lowest BCUT2D eigenvalue weighted by Gasteiger charge is -2.09. The van der Waals surface area contributed by atoms with Gasteiger partial charge in [-0.3, -0.25) is 4.79 Å². The average Bonchev–Trinajstić information content (AvgIpc) is 3.20. The number of nitrogens with one attached hydrogen (secondary N) is 1. The second-order valence-electron chi connectivity index (χ2n) is 5.36. The molecule has 4 nitrogen and oxygen atoms in total. The Morgan fingerprint density at radius 1 is 1.38 bits per heavy atom. The van der Waals surface area contributed by atoms with E-state index in [4.69, 9.17) is 22.3 Å². The molecule has 0 aliphatic heterocycles. The quantitative estimate of drug-likeness (QED) is 0.631. The molecule has 7 heteroatoms. The van der Waals surface area contributed by atoms with Crippen LogP contribution >= 0.6 is 22.3 Å². The van der Waals surface area contributed by atoms with Crippen molar-refractivity contribution in [1.82, 2.24) is 5.32 Å². The minimum absolute atomic E-state index is 0.125. The Balaban J connectivity index is 2.07. The van der Waals surface area contributed by atoms with Crippen molar-refractivity contribution < 1.29 is 13.2 Å². The monoisotopic (exact) mass is 349 g/mol. The van der Waals surface area contributed by atoms with Gasteiger partial charge in [0.25, 0.3) is 15.0 Å². The summed E-state index contributed by atoms with van der Waals surface area (Å²) in [6, 6.07) is 2.72. The van der Waals surface area contributed by atoms with E-state index in [0.29, 0.717) is 12.1 Å². The van der Waals surface area contributed by atoms with Gasteiger partial charge in [0, 0.05) is 27.8 Å². The van der Waals surface area contributed by atoms with E-state index in [0.717, 1.165) is 18.8 Å². The van der Waals surface area contributed by atoms with Crippen LogP contribution in [0.1, 0.15) is 41.6 Å². The van der Waals surface area contributed by atoms with Crippen LogP contribution in [0.5, 0.6) is 0 Å². The zero-order valence-corrected chi connectivity index (χ0v) is 14.0. The van der Waals surface area contributed by atoms with Crippen molar-refractivity contribution in [2.24, 2.45) is 5.92 Å². The topological polar surface area (TPSA) is 63.2 Å².